The Morgan fingerprint density at radius 1 is 1.30 bits per heavy atom. The molecule has 0 bridgehead atoms. The molecule has 0 aromatic heterocycles. The maximum absolute atomic E-state index is 12.4. The van der Waals surface area contributed by atoms with Gasteiger partial charge >= 0.3 is 0 Å². The quantitative estimate of drug-likeness (QED) is 0.833. The van der Waals surface area contributed by atoms with Crippen LogP contribution in [-0.2, 0) is 9.53 Å². The molecule has 0 radical (unpaired) electrons. The zero-order chi connectivity index (χ0) is 19.1. The zero-order valence-electron chi connectivity index (χ0n) is 16.3. The third-order valence-corrected chi connectivity index (χ3v) is 5.83. The van der Waals surface area contributed by atoms with Crippen LogP contribution in [-0.4, -0.2) is 72.9 Å². The molecule has 5 heteroatoms. The summed E-state index contributed by atoms with van der Waals surface area (Å²) >= 11 is 0. The van der Waals surface area contributed by atoms with E-state index in [-0.39, 0.29) is 24.0 Å². The molecule has 1 amide bonds. The molecule has 2 aliphatic rings. The number of carbonyl (C=O) groups excluding carboxylic acids is 1. The lowest BCUT2D eigenvalue weighted by Gasteiger charge is -2.51. The fourth-order valence-electron chi connectivity index (χ4n) is 4.35. The zero-order valence-corrected chi connectivity index (χ0v) is 16.3. The summed E-state index contributed by atoms with van der Waals surface area (Å²) in [5.74, 6) is 0.0456. The van der Waals surface area contributed by atoms with Crippen LogP contribution in [0.25, 0.3) is 6.08 Å². The topological polar surface area (TPSA) is 53.0 Å². The Balaban J connectivity index is 1.60. The third kappa shape index (κ3) is 5.18. The van der Waals surface area contributed by atoms with Crippen molar-refractivity contribution in [2.75, 3.05) is 45.9 Å². The van der Waals surface area contributed by atoms with Gasteiger partial charge in [-0.05, 0) is 31.7 Å². The van der Waals surface area contributed by atoms with E-state index in [4.69, 9.17) is 4.74 Å². The summed E-state index contributed by atoms with van der Waals surface area (Å²) in [5.41, 5.74) is 0.994. The lowest BCUT2D eigenvalue weighted by atomic mass is 9.71. The highest BCUT2D eigenvalue weighted by Gasteiger charge is 2.46. The van der Waals surface area contributed by atoms with Crippen LogP contribution in [0.2, 0.25) is 0 Å². The predicted octanol–water partition coefficient (Wildman–Crippen LogP) is 2.41. The van der Waals surface area contributed by atoms with Crippen molar-refractivity contribution in [1.82, 2.24) is 9.80 Å². The van der Waals surface area contributed by atoms with Gasteiger partial charge in [-0.3, -0.25) is 9.69 Å². The Bertz CT molecular complexity index is 634. The highest BCUT2D eigenvalue weighted by Crippen LogP contribution is 2.38. The molecule has 148 valence electrons. The summed E-state index contributed by atoms with van der Waals surface area (Å²) in [6.07, 6.45) is 6.70. The molecule has 2 atom stereocenters. The van der Waals surface area contributed by atoms with Gasteiger partial charge in [0.25, 0.3) is 0 Å². The lowest BCUT2D eigenvalue weighted by Crippen LogP contribution is -2.60. The first kappa shape index (κ1) is 20.1. The summed E-state index contributed by atoms with van der Waals surface area (Å²) in [6.45, 7) is 6.61. The van der Waals surface area contributed by atoms with Gasteiger partial charge in [0, 0.05) is 44.7 Å². The summed E-state index contributed by atoms with van der Waals surface area (Å²) in [5, 5.41) is 10.8. The van der Waals surface area contributed by atoms with Crippen molar-refractivity contribution in [2.24, 2.45) is 5.41 Å². The Labute approximate surface area is 162 Å². The van der Waals surface area contributed by atoms with Gasteiger partial charge in [-0.25, -0.2) is 0 Å². The van der Waals surface area contributed by atoms with Crippen molar-refractivity contribution in [3.63, 3.8) is 0 Å². The Morgan fingerprint density at radius 3 is 2.89 bits per heavy atom. The fraction of sp³-hybridized carbons (Fsp3) is 0.591. The van der Waals surface area contributed by atoms with Crippen molar-refractivity contribution in [3.05, 3.63) is 42.0 Å². The SMILES string of the molecule is CCOCC(=O)N1CCC[C@@]2(CN(CC=Cc3ccccc3)CC[C@H]2O)C1. The number of aliphatic hydroxyl groups excluding tert-OH is 1. The molecule has 1 aromatic carbocycles. The second-order valence-corrected chi connectivity index (χ2v) is 7.77. The summed E-state index contributed by atoms with van der Waals surface area (Å²) < 4.78 is 5.29. The molecular weight excluding hydrogens is 340 g/mol. The standard InChI is InChI=1S/C22H32N2O3/c1-2-27-16-21(26)24-14-7-12-22(18-24)17-23(15-11-20(22)25)13-6-10-19-8-4-3-5-9-19/h3-6,8-10,20,25H,2,7,11-18H2,1H3/t20-,22-/m1/s1. The van der Waals surface area contributed by atoms with Crippen molar-refractivity contribution in [3.8, 4) is 0 Å². The van der Waals surface area contributed by atoms with Crippen LogP contribution in [0.15, 0.2) is 36.4 Å². The van der Waals surface area contributed by atoms with Crippen LogP contribution in [0.3, 0.4) is 0 Å². The highest BCUT2D eigenvalue weighted by molar-refractivity contribution is 5.77. The molecule has 2 aliphatic heterocycles. The molecular formula is C22H32N2O3. The molecule has 0 saturated carbocycles. The number of hydrogen-bond donors (Lipinski definition) is 1. The normalized spacial score (nSPS) is 26.7. The van der Waals surface area contributed by atoms with Gasteiger partial charge in [-0.1, -0.05) is 42.5 Å². The van der Waals surface area contributed by atoms with Crippen molar-refractivity contribution in [2.45, 2.75) is 32.3 Å². The van der Waals surface area contributed by atoms with E-state index in [1.807, 2.05) is 30.0 Å². The van der Waals surface area contributed by atoms with Crippen molar-refractivity contribution in [1.29, 1.82) is 0 Å². The molecule has 1 aromatic rings. The second-order valence-electron chi connectivity index (χ2n) is 7.77. The minimum Gasteiger partial charge on any atom is -0.392 e. The van der Waals surface area contributed by atoms with Crippen molar-refractivity contribution < 1.29 is 14.6 Å². The average molecular weight is 373 g/mol. The lowest BCUT2D eigenvalue weighted by molar-refractivity contribution is -0.145. The van der Waals surface area contributed by atoms with E-state index in [1.165, 1.54) is 5.56 Å². The number of benzene rings is 1. The number of rotatable bonds is 6. The van der Waals surface area contributed by atoms with Gasteiger partial charge in [0.05, 0.1) is 6.10 Å². The molecule has 2 fully saturated rings. The van der Waals surface area contributed by atoms with E-state index >= 15 is 0 Å². The van der Waals surface area contributed by atoms with Gasteiger partial charge in [0.2, 0.25) is 5.91 Å². The number of piperidine rings is 2. The number of hydrogen-bond acceptors (Lipinski definition) is 4. The minimum atomic E-state index is -0.338. The number of carbonyl (C=O) groups is 1. The largest absolute Gasteiger partial charge is 0.392 e. The number of likely N-dealkylation sites (tertiary alicyclic amines) is 2. The van der Waals surface area contributed by atoms with Crippen LogP contribution in [0, 0.1) is 5.41 Å². The molecule has 3 rings (SSSR count). The first-order valence-electron chi connectivity index (χ1n) is 10.1. The van der Waals surface area contributed by atoms with Gasteiger partial charge in [0.15, 0.2) is 0 Å². The van der Waals surface area contributed by atoms with E-state index in [0.717, 1.165) is 45.4 Å². The van der Waals surface area contributed by atoms with E-state index in [9.17, 15) is 9.90 Å². The van der Waals surface area contributed by atoms with Gasteiger partial charge in [0.1, 0.15) is 6.61 Å². The van der Waals surface area contributed by atoms with Crippen LogP contribution >= 0.6 is 0 Å². The monoisotopic (exact) mass is 372 g/mol. The van der Waals surface area contributed by atoms with Gasteiger partial charge in [-0.15, -0.1) is 0 Å². The third-order valence-electron chi connectivity index (χ3n) is 5.83. The molecule has 2 saturated heterocycles. The maximum Gasteiger partial charge on any atom is 0.248 e. The molecule has 0 aliphatic carbocycles. The molecule has 2 heterocycles. The number of ether oxygens (including phenoxy) is 1. The van der Waals surface area contributed by atoms with E-state index in [1.54, 1.807) is 0 Å². The molecule has 1 N–H and O–H groups in total. The van der Waals surface area contributed by atoms with Crippen molar-refractivity contribution >= 4 is 12.0 Å². The predicted molar refractivity (Wildman–Crippen MR) is 107 cm³/mol. The van der Waals surface area contributed by atoms with E-state index < -0.39 is 0 Å². The number of aliphatic hydroxyl groups is 1. The van der Waals surface area contributed by atoms with Crippen LogP contribution in [0.1, 0.15) is 31.7 Å². The first-order chi connectivity index (χ1) is 13.1. The van der Waals surface area contributed by atoms with Crippen LogP contribution in [0.4, 0.5) is 0 Å². The maximum atomic E-state index is 12.4. The molecule has 5 nitrogen and oxygen atoms in total. The average Bonchev–Trinajstić information content (AvgIpc) is 2.70. The van der Waals surface area contributed by atoms with Crippen LogP contribution in [0.5, 0.6) is 0 Å². The van der Waals surface area contributed by atoms with Gasteiger partial charge in [-0.2, -0.15) is 0 Å². The molecule has 1 spiro atoms. The Hall–Kier alpha value is -1.69. The number of amides is 1. The van der Waals surface area contributed by atoms with E-state index in [0.29, 0.717) is 13.2 Å². The fourth-order valence-corrected chi connectivity index (χ4v) is 4.35. The summed E-state index contributed by atoms with van der Waals surface area (Å²) in [6, 6.07) is 10.3. The van der Waals surface area contributed by atoms with Crippen LogP contribution < -0.4 is 0 Å². The Kier molecular flexibility index (Phi) is 7.05. The smallest absolute Gasteiger partial charge is 0.248 e. The van der Waals surface area contributed by atoms with E-state index in [2.05, 4.69) is 29.2 Å². The highest BCUT2D eigenvalue weighted by atomic mass is 16.5. The van der Waals surface area contributed by atoms with Gasteiger partial charge < -0.3 is 14.7 Å². The summed E-state index contributed by atoms with van der Waals surface area (Å²) in [7, 11) is 0. The number of nitrogens with zero attached hydrogens (tertiary/aromatic N) is 2. The molecule has 27 heavy (non-hydrogen) atoms. The molecule has 0 unspecified atom stereocenters. The Morgan fingerprint density at radius 2 is 2.11 bits per heavy atom. The minimum absolute atomic E-state index is 0.0456. The first-order valence-corrected chi connectivity index (χ1v) is 10.1. The summed E-state index contributed by atoms with van der Waals surface area (Å²) in [4.78, 5) is 16.7. The second kappa shape index (κ2) is 9.49.